The molecule has 2 aromatic heterocycles. The lowest BCUT2D eigenvalue weighted by molar-refractivity contribution is -0.121. The molecule has 3 heterocycles. The van der Waals surface area contributed by atoms with Crippen molar-refractivity contribution in [2.45, 2.75) is 64.7 Å². The summed E-state index contributed by atoms with van der Waals surface area (Å²) < 4.78 is 3.83. The molecule has 0 bridgehead atoms. The number of aromatic nitrogens is 4. The summed E-state index contributed by atoms with van der Waals surface area (Å²) in [4.78, 5) is 15.1. The average Bonchev–Trinajstić information content (AvgIpc) is 3.35. The van der Waals surface area contributed by atoms with Gasteiger partial charge in [-0.15, -0.1) is 0 Å². The molecule has 7 nitrogen and oxygen atoms in total. The topological polar surface area (TPSA) is 68.0 Å². The lowest BCUT2D eigenvalue weighted by Crippen LogP contribution is -2.46. The first-order chi connectivity index (χ1) is 12.1. The van der Waals surface area contributed by atoms with E-state index in [1.165, 1.54) is 0 Å². The van der Waals surface area contributed by atoms with Crippen LogP contribution in [0.3, 0.4) is 0 Å². The number of anilines is 1. The minimum Gasteiger partial charge on any atom is -0.310 e. The number of nitrogens with one attached hydrogen (secondary N) is 1. The van der Waals surface area contributed by atoms with Crippen LogP contribution in [0.5, 0.6) is 0 Å². The van der Waals surface area contributed by atoms with Crippen LogP contribution >= 0.6 is 0 Å². The lowest BCUT2D eigenvalue weighted by atomic mass is 10.2. The van der Waals surface area contributed by atoms with Crippen molar-refractivity contribution in [2.75, 3.05) is 11.9 Å². The maximum atomic E-state index is 12.8. The summed E-state index contributed by atoms with van der Waals surface area (Å²) in [6, 6.07) is 4.23. The second kappa shape index (κ2) is 7.82. The molecule has 0 saturated carbocycles. The van der Waals surface area contributed by atoms with Gasteiger partial charge in [-0.3, -0.25) is 14.4 Å². The van der Waals surface area contributed by atoms with Crippen molar-refractivity contribution in [3.63, 3.8) is 0 Å². The lowest BCUT2D eigenvalue weighted by Gasteiger charge is -2.30. The molecule has 0 aliphatic carbocycles. The molecule has 0 radical (unpaired) electrons. The number of nitrogens with zero attached hydrogens (tertiary/aromatic N) is 5. The van der Waals surface area contributed by atoms with Gasteiger partial charge in [-0.25, -0.2) is 4.68 Å². The predicted molar refractivity (Wildman–Crippen MR) is 97.3 cm³/mol. The average molecular weight is 344 g/mol. The van der Waals surface area contributed by atoms with Gasteiger partial charge >= 0.3 is 0 Å². The van der Waals surface area contributed by atoms with E-state index in [0.717, 1.165) is 38.2 Å². The molecule has 1 aliphatic heterocycles. The predicted octanol–water partition coefficient (Wildman–Crippen LogP) is 2.54. The van der Waals surface area contributed by atoms with Crippen molar-refractivity contribution in [1.82, 2.24) is 24.5 Å². The molecule has 136 valence electrons. The first-order valence-electron chi connectivity index (χ1n) is 9.17. The van der Waals surface area contributed by atoms with Crippen LogP contribution < -0.4 is 5.32 Å². The number of rotatable bonds is 7. The zero-order chi connectivity index (χ0) is 17.8. The van der Waals surface area contributed by atoms with Crippen molar-refractivity contribution in [1.29, 1.82) is 0 Å². The Kier molecular flexibility index (Phi) is 5.53. The van der Waals surface area contributed by atoms with Crippen molar-refractivity contribution in [2.24, 2.45) is 0 Å². The molecule has 3 rings (SSSR count). The van der Waals surface area contributed by atoms with Gasteiger partial charge in [-0.05, 0) is 45.7 Å². The first-order valence-corrected chi connectivity index (χ1v) is 9.17. The molecule has 1 fully saturated rings. The van der Waals surface area contributed by atoms with Crippen LogP contribution in [0, 0.1) is 0 Å². The third-order valence-electron chi connectivity index (χ3n) is 5.19. The van der Waals surface area contributed by atoms with Gasteiger partial charge < -0.3 is 5.32 Å². The Labute approximate surface area is 149 Å². The quantitative estimate of drug-likeness (QED) is 0.838. The normalized spacial score (nSPS) is 20.5. The second-order valence-electron chi connectivity index (χ2n) is 6.85. The Morgan fingerprint density at radius 1 is 1.36 bits per heavy atom. The van der Waals surface area contributed by atoms with Crippen molar-refractivity contribution in [3.05, 3.63) is 30.7 Å². The van der Waals surface area contributed by atoms with Gasteiger partial charge in [0, 0.05) is 24.5 Å². The molecule has 0 aromatic carbocycles. The Bertz CT molecular complexity index is 680. The maximum Gasteiger partial charge on any atom is 0.242 e. The third kappa shape index (κ3) is 3.92. The Morgan fingerprint density at radius 2 is 2.20 bits per heavy atom. The van der Waals surface area contributed by atoms with Gasteiger partial charge in [0.25, 0.3) is 0 Å². The zero-order valence-electron chi connectivity index (χ0n) is 15.3. The number of hydrogen-bond acceptors (Lipinski definition) is 4. The van der Waals surface area contributed by atoms with E-state index in [-0.39, 0.29) is 18.0 Å². The zero-order valence-corrected chi connectivity index (χ0v) is 15.3. The van der Waals surface area contributed by atoms with Gasteiger partial charge in [-0.2, -0.15) is 10.2 Å². The molecule has 25 heavy (non-hydrogen) atoms. The van der Waals surface area contributed by atoms with E-state index in [1.807, 2.05) is 34.6 Å². The SMILES string of the molecule is CCC(C)n1nccc1NC(=O)C(C)N1CCCC1Cn1cccn1. The summed E-state index contributed by atoms with van der Waals surface area (Å²) in [5.41, 5.74) is 0. The molecule has 1 amide bonds. The van der Waals surface area contributed by atoms with Gasteiger partial charge in [0.1, 0.15) is 5.82 Å². The van der Waals surface area contributed by atoms with Crippen LogP contribution in [0.2, 0.25) is 0 Å². The smallest absolute Gasteiger partial charge is 0.242 e. The van der Waals surface area contributed by atoms with Crippen LogP contribution in [-0.4, -0.2) is 49.0 Å². The van der Waals surface area contributed by atoms with Crippen molar-refractivity contribution < 1.29 is 4.79 Å². The van der Waals surface area contributed by atoms with Crippen LogP contribution in [-0.2, 0) is 11.3 Å². The Morgan fingerprint density at radius 3 is 2.92 bits per heavy atom. The number of carbonyl (C=O) groups excluding carboxylic acids is 1. The van der Waals surface area contributed by atoms with Gasteiger partial charge in [-0.1, -0.05) is 6.92 Å². The van der Waals surface area contributed by atoms with Crippen molar-refractivity contribution in [3.8, 4) is 0 Å². The van der Waals surface area contributed by atoms with E-state index in [9.17, 15) is 4.79 Å². The Hall–Kier alpha value is -2.15. The van der Waals surface area contributed by atoms with Crippen LogP contribution in [0.25, 0.3) is 0 Å². The van der Waals surface area contributed by atoms with E-state index < -0.39 is 0 Å². The second-order valence-corrected chi connectivity index (χ2v) is 6.85. The number of likely N-dealkylation sites (tertiary alicyclic amines) is 1. The van der Waals surface area contributed by atoms with E-state index in [1.54, 1.807) is 12.4 Å². The molecule has 7 heteroatoms. The third-order valence-corrected chi connectivity index (χ3v) is 5.19. The standard InChI is InChI=1S/C18H28N6O/c1-4-14(2)24-17(8-10-20-24)21-18(25)15(3)23-12-5-7-16(23)13-22-11-6-9-19-22/h6,8-11,14-16H,4-5,7,12-13H2,1-3H3,(H,21,25). The van der Waals surface area contributed by atoms with Crippen LogP contribution in [0.4, 0.5) is 5.82 Å². The van der Waals surface area contributed by atoms with E-state index >= 15 is 0 Å². The molecule has 0 spiro atoms. The highest BCUT2D eigenvalue weighted by Crippen LogP contribution is 2.23. The highest BCUT2D eigenvalue weighted by molar-refractivity contribution is 5.93. The molecule has 1 aliphatic rings. The summed E-state index contributed by atoms with van der Waals surface area (Å²) >= 11 is 0. The minimum atomic E-state index is -0.177. The maximum absolute atomic E-state index is 12.8. The van der Waals surface area contributed by atoms with Crippen LogP contribution in [0.1, 0.15) is 46.1 Å². The minimum absolute atomic E-state index is 0.0254. The molecule has 3 unspecified atom stereocenters. The summed E-state index contributed by atoms with van der Waals surface area (Å²) in [5.74, 6) is 0.798. The van der Waals surface area contributed by atoms with Crippen LogP contribution in [0.15, 0.2) is 30.7 Å². The number of hydrogen-bond donors (Lipinski definition) is 1. The van der Waals surface area contributed by atoms with Crippen molar-refractivity contribution >= 4 is 11.7 Å². The molecule has 1 N–H and O–H groups in total. The van der Waals surface area contributed by atoms with E-state index in [2.05, 4.69) is 34.3 Å². The highest BCUT2D eigenvalue weighted by atomic mass is 16.2. The summed E-state index contributed by atoms with van der Waals surface area (Å²) in [5, 5.41) is 11.7. The van der Waals surface area contributed by atoms with Gasteiger partial charge in [0.05, 0.1) is 24.8 Å². The van der Waals surface area contributed by atoms with E-state index in [4.69, 9.17) is 0 Å². The fourth-order valence-electron chi connectivity index (χ4n) is 3.51. The van der Waals surface area contributed by atoms with Gasteiger partial charge in [0.2, 0.25) is 5.91 Å². The molecule has 3 atom stereocenters. The molecular formula is C18H28N6O. The fourth-order valence-corrected chi connectivity index (χ4v) is 3.51. The summed E-state index contributed by atoms with van der Waals surface area (Å²) in [6.07, 6.45) is 8.70. The molecular weight excluding hydrogens is 316 g/mol. The summed E-state index contributed by atoms with van der Waals surface area (Å²) in [6.45, 7) is 7.98. The summed E-state index contributed by atoms with van der Waals surface area (Å²) in [7, 11) is 0. The number of amides is 1. The Balaban J connectivity index is 1.64. The highest BCUT2D eigenvalue weighted by Gasteiger charge is 2.32. The first kappa shape index (κ1) is 17.7. The van der Waals surface area contributed by atoms with E-state index in [0.29, 0.717) is 6.04 Å². The molecule has 1 saturated heterocycles. The monoisotopic (exact) mass is 344 g/mol. The molecule has 2 aromatic rings. The van der Waals surface area contributed by atoms with Gasteiger partial charge in [0.15, 0.2) is 0 Å². The fraction of sp³-hybridized carbons (Fsp3) is 0.611. The number of carbonyl (C=O) groups is 1. The largest absolute Gasteiger partial charge is 0.310 e.